The maximum atomic E-state index is 12.3. The molecule has 0 atom stereocenters. The fourth-order valence-electron chi connectivity index (χ4n) is 2.05. The number of imide groups is 2. The molecular weight excluding hydrogens is 254 g/mol. The van der Waals surface area contributed by atoms with Gasteiger partial charge in [0.25, 0.3) is 0 Å². The van der Waals surface area contributed by atoms with Gasteiger partial charge in [0.15, 0.2) is 0 Å². The molecular formula is C11H17N3O5. The first kappa shape index (κ1) is 14.9. The van der Waals surface area contributed by atoms with Crippen molar-refractivity contribution in [3.8, 4) is 0 Å². The minimum atomic E-state index is -1.24. The van der Waals surface area contributed by atoms with Crippen molar-refractivity contribution in [3.63, 3.8) is 0 Å². The predicted octanol–water partition coefficient (Wildman–Crippen LogP) is -0.0335. The molecule has 1 saturated heterocycles. The molecule has 1 aliphatic heterocycles. The topological polar surface area (TPSA) is 119 Å². The summed E-state index contributed by atoms with van der Waals surface area (Å²) in [7, 11) is 0. The van der Waals surface area contributed by atoms with Gasteiger partial charge < -0.3 is 10.5 Å². The standard InChI is InChI=1S/C11H17N3O5/c1-3-11(4-2)7(15)13-10(18)14(8(11)16)5-6-19-9(12)17/h3-6H2,1-2H3,(H2,12,17)(H,13,15,18). The summed E-state index contributed by atoms with van der Waals surface area (Å²) >= 11 is 0. The summed E-state index contributed by atoms with van der Waals surface area (Å²) in [6, 6.07) is -0.805. The molecule has 1 heterocycles. The van der Waals surface area contributed by atoms with Gasteiger partial charge in [-0.15, -0.1) is 0 Å². The monoisotopic (exact) mass is 271 g/mol. The van der Waals surface area contributed by atoms with Crippen molar-refractivity contribution in [2.75, 3.05) is 13.2 Å². The van der Waals surface area contributed by atoms with Crippen LogP contribution in [-0.4, -0.2) is 42.0 Å². The summed E-state index contributed by atoms with van der Waals surface area (Å²) in [5.74, 6) is -1.15. The van der Waals surface area contributed by atoms with Crippen molar-refractivity contribution in [1.82, 2.24) is 10.2 Å². The highest BCUT2D eigenvalue weighted by Crippen LogP contribution is 2.32. The molecule has 1 aliphatic rings. The molecule has 8 heteroatoms. The van der Waals surface area contributed by atoms with Crippen LogP contribution in [0.4, 0.5) is 9.59 Å². The third-order valence-corrected chi connectivity index (χ3v) is 3.32. The van der Waals surface area contributed by atoms with Gasteiger partial charge in [0.05, 0.1) is 6.54 Å². The van der Waals surface area contributed by atoms with E-state index in [0.29, 0.717) is 0 Å². The van der Waals surface area contributed by atoms with Crippen molar-refractivity contribution in [2.45, 2.75) is 26.7 Å². The molecule has 0 aromatic carbocycles. The van der Waals surface area contributed by atoms with Crippen molar-refractivity contribution in [1.29, 1.82) is 0 Å². The van der Waals surface area contributed by atoms with Crippen LogP contribution in [0, 0.1) is 5.41 Å². The Hall–Kier alpha value is -2.12. The minimum Gasteiger partial charge on any atom is -0.448 e. The number of amides is 5. The van der Waals surface area contributed by atoms with Gasteiger partial charge in [-0.05, 0) is 12.8 Å². The van der Waals surface area contributed by atoms with E-state index < -0.39 is 29.4 Å². The quantitative estimate of drug-likeness (QED) is 0.680. The first-order valence-electron chi connectivity index (χ1n) is 5.98. The first-order valence-corrected chi connectivity index (χ1v) is 5.98. The molecule has 0 aliphatic carbocycles. The zero-order chi connectivity index (χ0) is 14.6. The van der Waals surface area contributed by atoms with Gasteiger partial charge in [0.1, 0.15) is 12.0 Å². The Kier molecular flexibility index (Phi) is 4.47. The van der Waals surface area contributed by atoms with E-state index in [1.54, 1.807) is 13.8 Å². The van der Waals surface area contributed by atoms with Gasteiger partial charge in [-0.3, -0.25) is 19.8 Å². The lowest BCUT2D eigenvalue weighted by molar-refractivity contribution is -0.152. The van der Waals surface area contributed by atoms with Crippen molar-refractivity contribution < 1.29 is 23.9 Å². The SMILES string of the molecule is CCC1(CC)C(=O)NC(=O)N(CCOC(N)=O)C1=O. The van der Waals surface area contributed by atoms with E-state index in [-0.39, 0.29) is 26.0 Å². The lowest BCUT2D eigenvalue weighted by Gasteiger charge is -2.38. The summed E-state index contributed by atoms with van der Waals surface area (Å²) in [6.45, 7) is 3.07. The molecule has 0 bridgehead atoms. The smallest absolute Gasteiger partial charge is 0.404 e. The molecule has 0 radical (unpaired) electrons. The summed E-state index contributed by atoms with van der Waals surface area (Å²) in [4.78, 5) is 47.0. The lowest BCUT2D eigenvalue weighted by atomic mass is 9.78. The second kappa shape index (κ2) is 5.68. The molecule has 106 valence electrons. The van der Waals surface area contributed by atoms with Gasteiger partial charge in [-0.2, -0.15) is 0 Å². The van der Waals surface area contributed by atoms with E-state index in [9.17, 15) is 19.2 Å². The van der Waals surface area contributed by atoms with E-state index in [1.165, 1.54) is 0 Å². The van der Waals surface area contributed by atoms with Crippen LogP contribution in [-0.2, 0) is 14.3 Å². The number of nitrogens with zero attached hydrogens (tertiary/aromatic N) is 1. The molecule has 5 amide bonds. The largest absolute Gasteiger partial charge is 0.448 e. The number of primary amides is 1. The number of nitrogens with two attached hydrogens (primary N) is 1. The molecule has 1 fully saturated rings. The van der Waals surface area contributed by atoms with E-state index in [1.807, 2.05) is 0 Å². The van der Waals surface area contributed by atoms with E-state index in [2.05, 4.69) is 10.1 Å². The van der Waals surface area contributed by atoms with E-state index in [4.69, 9.17) is 5.73 Å². The van der Waals surface area contributed by atoms with Gasteiger partial charge in [0, 0.05) is 0 Å². The second-order valence-corrected chi connectivity index (χ2v) is 4.17. The van der Waals surface area contributed by atoms with Crippen LogP contribution < -0.4 is 11.1 Å². The Bertz CT molecular complexity index is 417. The first-order chi connectivity index (χ1) is 8.89. The van der Waals surface area contributed by atoms with Crippen LogP contribution >= 0.6 is 0 Å². The molecule has 0 aromatic rings. The number of urea groups is 1. The van der Waals surface area contributed by atoms with Crippen molar-refractivity contribution in [3.05, 3.63) is 0 Å². The molecule has 0 spiro atoms. The van der Waals surface area contributed by atoms with Gasteiger partial charge in [-0.25, -0.2) is 9.59 Å². The number of barbiturate groups is 1. The number of ether oxygens (including phenoxy) is 1. The maximum absolute atomic E-state index is 12.3. The highest BCUT2D eigenvalue weighted by Gasteiger charge is 2.51. The minimum absolute atomic E-state index is 0.136. The Labute approximate surface area is 110 Å². The summed E-state index contributed by atoms with van der Waals surface area (Å²) in [6.07, 6.45) is -0.415. The third kappa shape index (κ3) is 2.67. The predicted molar refractivity (Wildman–Crippen MR) is 63.8 cm³/mol. The van der Waals surface area contributed by atoms with Crippen LogP contribution in [0.5, 0.6) is 0 Å². The third-order valence-electron chi connectivity index (χ3n) is 3.32. The van der Waals surface area contributed by atoms with Crippen LogP contribution in [0.25, 0.3) is 0 Å². The van der Waals surface area contributed by atoms with Crippen LogP contribution in [0.15, 0.2) is 0 Å². The average molecular weight is 271 g/mol. The lowest BCUT2D eigenvalue weighted by Crippen LogP contribution is -2.64. The number of rotatable bonds is 5. The number of hydrogen-bond acceptors (Lipinski definition) is 5. The van der Waals surface area contributed by atoms with Crippen LogP contribution in [0.2, 0.25) is 0 Å². The maximum Gasteiger partial charge on any atom is 0.404 e. The number of carbonyl (C=O) groups excluding carboxylic acids is 4. The van der Waals surface area contributed by atoms with E-state index >= 15 is 0 Å². The Morgan fingerprint density at radius 3 is 2.37 bits per heavy atom. The highest BCUT2D eigenvalue weighted by atomic mass is 16.5. The summed E-state index contributed by atoms with van der Waals surface area (Å²) in [5.41, 5.74) is 3.55. The van der Waals surface area contributed by atoms with Gasteiger partial charge in [0.2, 0.25) is 11.8 Å². The average Bonchev–Trinajstić information content (AvgIpc) is 2.34. The van der Waals surface area contributed by atoms with Gasteiger partial charge >= 0.3 is 12.1 Å². The van der Waals surface area contributed by atoms with E-state index in [0.717, 1.165) is 4.90 Å². The Balaban J connectivity index is 2.86. The Morgan fingerprint density at radius 1 is 1.32 bits per heavy atom. The van der Waals surface area contributed by atoms with Crippen molar-refractivity contribution in [2.24, 2.45) is 11.1 Å². The van der Waals surface area contributed by atoms with Crippen LogP contribution in [0.1, 0.15) is 26.7 Å². The second-order valence-electron chi connectivity index (χ2n) is 4.17. The molecule has 0 saturated carbocycles. The highest BCUT2D eigenvalue weighted by molar-refractivity contribution is 6.19. The van der Waals surface area contributed by atoms with Crippen molar-refractivity contribution >= 4 is 23.9 Å². The van der Waals surface area contributed by atoms with Gasteiger partial charge in [-0.1, -0.05) is 13.8 Å². The fourth-order valence-corrected chi connectivity index (χ4v) is 2.05. The summed E-state index contributed by atoms with van der Waals surface area (Å²) < 4.78 is 4.48. The molecule has 0 aromatic heterocycles. The molecule has 0 unspecified atom stereocenters. The molecule has 19 heavy (non-hydrogen) atoms. The molecule has 1 rings (SSSR count). The zero-order valence-electron chi connectivity index (χ0n) is 10.9. The summed E-state index contributed by atoms with van der Waals surface area (Å²) in [5, 5.41) is 2.15. The fraction of sp³-hybridized carbons (Fsp3) is 0.636. The number of nitrogens with one attached hydrogen (secondary N) is 1. The number of hydrogen-bond donors (Lipinski definition) is 2. The normalized spacial score (nSPS) is 18.2. The Morgan fingerprint density at radius 2 is 1.89 bits per heavy atom. The van der Waals surface area contributed by atoms with Crippen LogP contribution in [0.3, 0.4) is 0 Å². The molecule has 8 nitrogen and oxygen atoms in total. The number of carbonyl (C=O) groups is 4. The molecule has 3 N–H and O–H groups in total. The zero-order valence-corrected chi connectivity index (χ0v) is 10.9.